The molecular weight excluding hydrogens is 176 g/mol. The molecule has 0 aromatic heterocycles. The molecule has 70 valence electrons. The minimum Gasteiger partial charge on any atom is -0.0498 e. The molecule has 0 radical (unpaired) electrons. The Kier molecular flexibility index (Phi) is 1.69. The van der Waals surface area contributed by atoms with Crippen molar-refractivity contribution >= 4 is 17.2 Å². The van der Waals surface area contributed by atoms with Gasteiger partial charge in [0.25, 0.3) is 0 Å². The van der Waals surface area contributed by atoms with Crippen molar-refractivity contribution in [3.63, 3.8) is 0 Å². The normalized spacial score (nSPS) is 51.8. The molecule has 0 spiro atoms. The molecule has 0 aromatic carbocycles. The zero-order valence-corrected chi connectivity index (χ0v) is 8.78. The Morgan fingerprint density at radius 1 is 1.00 bits per heavy atom. The van der Waals surface area contributed by atoms with Gasteiger partial charge in [0, 0.05) is 0 Å². The molecular formula is C12H16S. The van der Waals surface area contributed by atoms with Gasteiger partial charge in [0.15, 0.2) is 0 Å². The minimum atomic E-state index is 0.510. The minimum absolute atomic E-state index is 0.510. The highest BCUT2D eigenvalue weighted by atomic mass is 32.1. The lowest BCUT2D eigenvalue weighted by Crippen LogP contribution is -2.45. The Morgan fingerprint density at radius 2 is 1.46 bits per heavy atom. The highest BCUT2D eigenvalue weighted by Crippen LogP contribution is 2.60. The third kappa shape index (κ3) is 1.21. The summed E-state index contributed by atoms with van der Waals surface area (Å²) < 4.78 is 0. The number of allylic oxidation sites excluding steroid dienone is 1. The molecule has 0 unspecified atom stereocenters. The monoisotopic (exact) mass is 192 g/mol. The van der Waals surface area contributed by atoms with Crippen LogP contribution in [0.1, 0.15) is 38.5 Å². The van der Waals surface area contributed by atoms with Gasteiger partial charge in [0.05, 0.1) is 0 Å². The van der Waals surface area contributed by atoms with Crippen molar-refractivity contribution in [3.05, 3.63) is 6.08 Å². The van der Waals surface area contributed by atoms with Gasteiger partial charge in [-0.25, -0.2) is 0 Å². The number of rotatable bonds is 1. The van der Waals surface area contributed by atoms with Crippen LogP contribution in [-0.4, -0.2) is 5.02 Å². The molecule has 4 rings (SSSR count). The summed E-state index contributed by atoms with van der Waals surface area (Å²) in [5.41, 5.74) is 0.510. The van der Waals surface area contributed by atoms with E-state index in [0.29, 0.717) is 5.41 Å². The molecule has 4 saturated carbocycles. The second-order valence-electron chi connectivity index (χ2n) is 5.54. The van der Waals surface area contributed by atoms with Gasteiger partial charge in [-0.1, -0.05) is 0 Å². The Morgan fingerprint density at radius 3 is 1.85 bits per heavy atom. The predicted molar refractivity (Wildman–Crippen MR) is 57.8 cm³/mol. The molecule has 0 aliphatic heterocycles. The van der Waals surface area contributed by atoms with Gasteiger partial charge in [-0.2, -0.15) is 0 Å². The molecule has 0 atom stereocenters. The SMILES string of the molecule is S=C=CC12CC3CC(CC(C3)C1)C2. The number of hydrogen-bond donors (Lipinski definition) is 0. The second-order valence-corrected chi connectivity index (χ2v) is 5.78. The van der Waals surface area contributed by atoms with Crippen molar-refractivity contribution in [1.82, 2.24) is 0 Å². The van der Waals surface area contributed by atoms with Gasteiger partial charge in [-0.3, -0.25) is 0 Å². The van der Waals surface area contributed by atoms with E-state index in [1.807, 2.05) is 0 Å². The van der Waals surface area contributed by atoms with E-state index in [1.54, 1.807) is 0 Å². The lowest BCUT2D eigenvalue weighted by molar-refractivity contribution is -0.0229. The fourth-order valence-electron chi connectivity index (χ4n) is 4.48. The molecule has 0 N–H and O–H groups in total. The summed E-state index contributed by atoms with van der Waals surface area (Å²) in [5, 5.41) is 2.88. The third-order valence-electron chi connectivity index (χ3n) is 4.45. The summed E-state index contributed by atoms with van der Waals surface area (Å²) in [5.74, 6) is 3.10. The fraction of sp³-hybridized carbons (Fsp3) is 0.833. The molecule has 0 nitrogen and oxygen atoms in total. The molecule has 0 saturated heterocycles. The van der Waals surface area contributed by atoms with Crippen molar-refractivity contribution in [2.45, 2.75) is 38.5 Å². The van der Waals surface area contributed by atoms with Gasteiger partial charge in [-0.05, 0) is 85.0 Å². The summed E-state index contributed by atoms with van der Waals surface area (Å²) in [6, 6.07) is 0. The van der Waals surface area contributed by atoms with Crippen molar-refractivity contribution in [1.29, 1.82) is 0 Å². The molecule has 4 aliphatic carbocycles. The van der Waals surface area contributed by atoms with Crippen LogP contribution < -0.4 is 0 Å². The maximum Gasteiger partial charge on any atom is -0.00260 e. The zero-order chi connectivity index (χ0) is 8.89. The van der Waals surface area contributed by atoms with Gasteiger partial charge in [-0.15, -0.1) is 0 Å². The van der Waals surface area contributed by atoms with Crippen LogP contribution in [0.3, 0.4) is 0 Å². The van der Waals surface area contributed by atoms with E-state index >= 15 is 0 Å². The van der Waals surface area contributed by atoms with Crippen LogP contribution in [-0.2, 0) is 0 Å². The summed E-state index contributed by atoms with van der Waals surface area (Å²) in [7, 11) is 0. The fourth-order valence-corrected chi connectivity index (χ4v) is 4.73. The van der Waals surface area contributed by atoms with Crippen LogP contribution in [0, 0.1) is 23.2 Å². The second kappa shape index (κ2) is 2.68. The van der Waals surface area contributed by atoms with E-state index in [2.05, 4.69) is 11.1 Å². The quantitative estimate of drug-likeness (QED) is 0.574. The average Bonchev–Trinajstić information content (AvgIpc) is 2.00. The zero-order valence-electron chi connectivity index (χ0n) is 7.96. The van der Waals surface area contributed by atoms with Gasteiger partial charge >= 0.3 is 0 Å². The lowest BCUT2D eigenvalue weighted by atomic mass is 9.50. The van der Waals surface area contributed by atoms with E-state index in [0.717, 1.165) is 17.8 Å². The van der Waals surface area contributed by atoms with E-state index in [-0.39, 0.29) is 0 Å². The van der Waals surface area contributed by atoms with Gasteiger partial charge in [0.2, 0.25) is 0 Å². The molecule has 4 bridgehead atoms. The first kappa shape index (κ1) is 8.20. The van der Waals surface area contributed by atoms with Crippen molar-refractivity contribution in [3.8, 4) is 0 Å². The van der Waals surface area contributed by atoms with E-state index in [9.17, 15) is 0 Å². The van der Waals surface area contributed by atoms with Crippen LogP contribution >= 0.6 is 12.2 Å². The standard InChI is InChI=1S/C12H16S/c13-2-1-12-6-9-3-10(7-12)5-11(4-9)8-12/h1,9-11H,3-8H2. The average molecular weight is 192 g/mol. The molecule has 1 heteroatoms. The van der Waals surface area contributed by atoms with Crippen molar-refractivity contribution in [2.75, 3.05) is 0 Å². The van der Waals surface area contributed by atoms with Crippen LogP contribution in [0.25, 0.3) is 0 Å². The highest BCUT2D eigenvalue weighted by Gasteiger charge is 2.49. The first-order valence-corrected chi connectivity index (χ1v) is 5.92. The Balaban J connectivity index is 1.95. The van der Waals surface area contributed by atoms with E-state index < -0.39 is 0 Å². The van der Waals surface area contributed by atoms with Gasteiger partial charge in [0.1, 0.15) is 0 Å². The highest BCUT2D eigenvalue weighted by molar-refractivity contribution is 7.78. The maximum atomic E-state index is 4.88. The third-order valence-corrected chi connectivity index (χ3v) is 4.57. The first-order chi connectivity index (χ1) is 6.30. The summed E-state index contributed by atoms with van der Waals surface area (Å²) in [6.45, 7) is 0. The molecule has 0 amide bonds. The molecule has 0 aromatic rings. The molecule has 4 fully saturated rings. The lowest BCUT2D eigenvalue weighted by Gasteiger charge is -2.55. The molecule has 0 heterocycles. The Labute approximate surface area is 85.4 Å². The Hall–Kier alpha value is -0.130. The van der Waals surface area contributed by atoms with Crippen LogP contribution in [0.4, 0.5) is 0 Å². The van der Waals surface area contributed by atoms with Crippen LogP contribution in [0.5, 0.6) is 0 Å². The summed E-state index contributed by atoms with van der Waals surface area (Å²) in [4.78, 5) is 0. The molecule has 13 heavy (non-hydrogen) atoms. The predicted octanol–water partition coefficient (Wildman–Crippen LogP) is 3.36. The van der Waals surface area contributed by atoms with Crippen LogP contribution in [0.15, 0.2) is 6.08 Å². The van der Waals surface area contributed by atoms with E-state index in [4.69, 9.17) is 12.2 Å². The van der Waals surface area contributed by atoms with Crippen molar-refractivity contribution in [2.24, 2.45) is 23.2 Å². The maximum absolute atomic E-state index is 4.88. The van der Waals surface area contributed by atoms with E-state index in [1.165, 1.54) is 38.5 Å². The van der Waals surface area contributed by atoms with Crippen molar-refractivity contribution < 1.29 is 0 Å². The number of hydrogen-bond acceptors (Lipinski definition) is 1. The first-order valence-electron chi connectivity index (χ1n) is 5.52. The Bertz CT molecular complexity index is 238. The smallest absolute Gasteiger partial charge is 0.00260 e. The largest absolute Gasteiger partial charge is 0.0498 e. The summed E-state index contributed by atoms with van der Waals surface area (Å²) in [6.07, 6.45) is 11.0. The van der Waals surface area contributed by atoms with Gasteiger partial charge < -0.3 is 0 Å². The van der Waals surface area contributed by atoms with Crippen LogP contribution in [0.2, 0.25) is 0 Å². The topological polar surface area (TPSA) is 0 Å². The summed E-state index contributed by atoms with van der Waals surface area (Å²) >= 11 is 4.88. The number of thiocarbonyl (C=S) groups is 1. The molecule has 4 aliphatic rings.